The van der Waals surface area contributed by atoms with E-state index in [1.54, 1.807) is 0 Å². The Morgan fingerprint density at radius 2 is 1.91 bits per heavy atom. The Morgan fingerprint density at radius 3 is 2.64 bits per heavy atom. The molecule has 1 amide bonds. The Bertz CT molecular complexity index is 712. The highest BCUT2D eigenvalue weighted by atomic mass is 16.6. The molecule has 1 aliphatic heterocycles. The molecular weight excluding hydrogens is 284 g/mol. The number of hydrogen-bond donors (Lipinski definition) is 1. The van der Waals surface area contributed by atoms with Gasteiger partial charge in [-0.2, -0.15) is 0 Å². The average molecular weight is 298 g/mol. The van der Waals surface area contributed by atoms with Crippen molar-refractivity contribution in [2.24, 2.45) is 0 Å². The maximum atomic E-state index is 12.2. The molecule has 1 atom stereocenters. The van der Waals surface area contributed by atoms with Crippen molar-refractivity contribution in [3.05, 3.63) is 64.2 Å². The lowest BCUT2D eigenvalue weighted by molar-refractivity contribution is -0.384. The number of carbonyl (C=O) groups excluding carboxylic acids is 1. The number of para-hydroxylation sites is 1. The monoisotopic (exact) mass is 298 g/mol. The van der Waals surface area contributed by atoms with Crippen LogP contribution in [0.15, 0.2) is 48.5 Å². The van der Waals surface area contributed by atoms with E-state index in [0.717, 1.165) is 17.7 Å². The lowest BCUT2D eigenvalue weighted by Crippen LogP contribution is -2.35. The van der Waals surface area contributed by atoms with Gasteiger partial charge in [-0.25, -0.2) is 0 Å². The van der Waals surface area contributed by atoms with Gasteiger partial charge in [0.2, 0.25) is 0 Å². The van der Waals surface area contributed by atoms with E-state index >= 15 is 0 Å². The molecule has 1 heterocycles. The number of fused-ring (bicyclic) bond motifs is 1. The van der Waals surface area contributed by atoms with Crippen molar-refractivity contribution in [1.82, 2.24) is 0 Å². The van der Waals surface area contributed by atoms with Crippen LogP contribution < -0.4 is 10.1 Å². The number of nitro groups is 1. The third kappa shape index (κ3) is 2.90. The first kappa shape index (κ1) is 14.1. The smallest absolute Gasteiger partial charge is 0.269 e. The number of carbonyl (C=O) groups is 1. The van der Waals surface area contributed by atoms with Crippen LogP contribution in [0.4, 0.5) is 11.4 Å². The molecule has 3 rings (SSSR count). The third-order valence-corrected chi connectivity index (χ3v) is 3.56. The molecule has 0 aliphatic carbocycles. The molecule has 0 radical (unpaired) electrons. The van der Waals surface area contributed by atoms with E-state index in [1.807, 2.05) is 24.3 Å². The lowest BCUT2D eigenvalue weighted by atomic mass is 10.0. The van der Waals surface area contributed by atoms with Gasteiger partial charge in [-0.05, 0) is 36.6 Å². The number of ether oxygens (including phenoxy) is 1. The minimum atomic E-state index is -0.551. The number of rotatable bonds is 3. The molecule has 6 heteroatoms. The number of non-ortho nitro benzene ring substituents is 1. The first-order valence-corrected chi connectivity index (χ1v) is 6.93. The van der Waals surface area contributed by atoms with Crippen molar-refractivity contribution in [2.75, 3.05) is 5.32 Å². The van der Waals surface area contributed by atoms with Gasteiger partial charge in [-0.1, -0.05) is 18.2 Å². The van der Waals surface area contributed by atoms with Crippen molar-refractivity contribution in [2.45, 2.75) is 18.9 Å². The lowest BCUT2D eigenvalue weighted by Gasteiger charge is -2.25. The molecule has 2 aromatic rings. The topological polar surface area (TPSA) is 81.5 Å². The molecule has 0 saturated carbocycles. The highest BCUT2D eigenvalue weighted by molar-refractivity contribution is 5.94. The molecule has 1 aliphatic rings. The summed E-state index contributed by atoms with van der Waals surface area (Å²) in [7, 11) is 0. The molecular formula is C16H14N2O4. The highest BCUT2D eigenvalue weighted by Crippen LogP contribution is 2.27. The summed E-state index contributed by atoms with van der Waals surface area (Å²) in [5.41, 5.74) is 1.60. The number of nitro benzene ring substituents is 1. The van der Waals surface area contributed by atoms with Crippen LogP contribution in [0.25, 0.3) is 0 Å². The molecule has 0 aromatic heterocycles. The van der Waals surface area contributed by atoms with Crippen molar-refractivity contribution < 1.29 is 14.5 Å². The van der Waals surface area contributed by atoms with Crippen molar-refractivity contribution >= 4 is 17.3 Å². The van der Waals surface area contributed by atoms with Crippen molar-refractivity contribution in [3.8, 4) is 5.75 Å². The van der Waals surface area contributed by atoms with Gasteiger partial charge in [0, 0.05) is 17.8 Å². The van der Waals surface area contributed by atoms with Crippen molar-refractivity contribution in [3.63, 3.8) is 0 Å². The number of nitrogens with zero attached hydrogens (tertiary/aromatic N) is 1. The molecule has 0 saturated heterocycles. The Hall–Kier alpha value is -2.89. The van der Waals surface area contributed by atoms with Gasteiger partial charge in [0.05, 0.1) is 4.92 Å². The van der Waals surface area contributed by atoms with E-state index in [4.69, 9.17) is 4.74 Å². The SMILES string of the molecule is O=C(Nc1ccc([N+](=O)[O-])cc1)C1CCc2ccccc2O1. The van der Waals surface area contributed by atoms with Crippen LogP contribution in [0.2, 0.25) is 0 Å². The third-order valence-electron chi connectivity index (χ3n) is 3.56. The number of hydrogen-bond acceptors (Lipinski definition) is 4. The summed E-state index contributed by atoms with van der Waals surface area (Å²) in [6.45, 7) is 0. The number of nitrogens with one attached hydrogen (secondary N) is 1. The van der Waals surface area contributed by atoms with E-state index in [-0.39, 0.29) is 11.6 Å². The van der Waals surface area contributed by atoms with Crippen LogP contribution >= 0.6 is 0 Å². The first-order valence-electron chi connectivity index (χ1n) is 6.93. The van der Waals surface area contributed by atoms with E-state index in [0.29, 0.717) is 12.1 Å². The second-order valence-corrected chi connectivity index (χ2v) is 5.05. The van der Waals surface area contributed by atoms with Crippen LogP contribution in [0.5, 0.6) is 5.75 Å². The van der Waals surface area contributed by atoms with Gasteiger partial charge >= 0.3 is 0 Å². The summed E-state index contributed by atoms with van der Waals surface area (Å²) in [6.07, 6.45) is 0.842. The number of aryl methyl sites for hydroxylation is 1. The summed E-state index contributed by atoms with van der Waals surface area (Å²) in [5, 5.41) is 13.3. The molecule has 0 bridgehead atoms. The fraction of sp³-hybridized carbons (Fsp3) is 0.188. The summed E-state index contributed by atoms with van der Waals surface area (Å²) in [4.78, 5) is 22.3. The van der Waals surface area contributed by atoms with E-state index in [1.165, 1.54) is 24.3 Å². The molecule has 6 nitrogen and oxygen atoms in total. The summed E-state index contributed by atoms with van der Waals surface area (Å²) in [5.74, 6) is 0.487. The fourth-order valence-electron chi connectivity index (χ4n) is 2.40. The molecule has 1 unspecified atom stereocenters. The van der Waals surface area contributed by atoms with Crippen LogP contribution in [-0.4, -0.2) is 16.9 Å². The molecule has 0 spiro atoms. The minimum absolute atomic E-state index is 0.0131. The van der Waals surface area contributed by atoms with E-state index in [2.05, 4.69) is 5.32 Å². The number of amides is 1. The maximum Gasteiger partial charge on any atom is 0.269 e. The zero-order valence-corrected chi connectivity index (χ0v) is 11.7. The fourth-order valence-corrected chi connectivity index (χ4v) is 2.40. The summed E-state index contributed by atoms with van der Waals surface area (Å²) < 4.78 is 5.71. The Kier molecular flexibility index (Phi) is 3.74. The summed E-state index contributed by atoms with van der Waals surface area (Å²) >= 11 is 0. The predicted molar refractivity (Wildman–Crippen MR) is 80.9 cm³/mol. The molecule has 0 fully saturated rings. The van der Waals surface area contributed by atoms with Gasteiger partial charge < -0.3 is 10.1 Å². The highest BCUT2D eigenvalue weighted by Gasteiger charge is 2.25. The van der Waals surface area contributed by atoms with Crippen LogP contribution in [-0.2, 0) is 11.2 Å². The second kappa shape index (κ2) is 5.85. The van der Waals surface area contributed by atoms with Crippen molar-refractivity contribution in [1.29, 1.82) is 0 Å². The molecule has 2 aromatic carbocycles. The standard InChI is InChI=1S/C16H14N2O4/c19-16(17-12-6-8-13(9-7-12)18(20)21)15-10-5-11-3-1-2-4-14(11)22-15/h1-4,6-9,15H,5,10H2,(H,17,19). The van der Waals surface area contributed by atoms with E-state index in [9.17, 15) is 14.9 Å². The van der Waals surface area contributed by atoms with Crippen LogP contribution in [0.3, 0.4) is 0 Å². The van der Waals surface area contributed by atoms with E-state index < -0.39 is 11.0 Å². The normalized spacial score (nSPS) is 16.3. The quantitative estimate of drug-likeness (QED) is 0.697. The minimum Gasteiger partial charge on any atom is -0.480 e. The van der Waals surface area contributed by atoms with Gasteiger partial charge in [-0.3, -0.25) is 14.9 Å². The largest absolute Gasteiger partial charge is 0.480 e. The van der Waals surface area contributed by atoms with Gasteiger partial charge in [-0.15, -0.1) is 0 Å². The van der Waals surface area contributed by atoms with Gasteiger partial charge in [0.25, 0.3) is 11.6 Å². The first-order chi connectivity index (χ1) is 10.6. The Balaban J connectivity index is 1.66. The molecule has 112 valence electrons. The average Bonchev–Trinajstić information content (AvgIpc) is 2.55. The zero-order valence-electron chi connectivity index (χ0n) is 11.7. The second-order valence-electron chi connectivity index (χ2n) is 5.05. The zero-order chi connectivity index (χ0) is 15.5. The van der Waals surface area contributed by atoms with Crippen LogP contribution in [0, 0.1) is 10.1 Å². The Morgan fingerprint density at radius 1 is 1.18 bits per heavy atom. The summed E-state index contributed by atoms with van der Waals surface area (Å²) in [6, 6.07) is 13.4. The predicted octanol–water partition coefficient (Wildman–Crippen LogP) is 2.93. The van der Waals surface area contributed by atoms with Gasteiger partial charge in [0.1, 0.15) is 5.75 Å². The molecule has 1 N–H and O–H groups in total. The molecule has 22 heavy (non-hydrogen) atoms. The maximum absolute atomic E-state index is 12.2. The number of benzene rings is 2. The number of anilines is 1. The van der Waals surface area contributed by atoms with Crippen LogP contribution in [0.1, 0.15) is 12.0 Å². The Labute approximate surface area is 126 Å². The van der Waals surface area contributed by atoms with Gasteiger partial charge in [0.15, 0.2) is 6.10 Å².